The van der Waals surface area contributed by atoms with Crippen LogP contribution in [-0.4, -0.2) is 41.1 Å². The van der Waals surface area contributed by atoms with Crippen LogP contribution < -0.4 is 0 Å². The molecule has 0 saturated carbocycles. The molecule has 0 aromatic rings. The predicted octanol–water partition coefficient (Wildman–Crippen LogP) is -0.709. The monoisotopic (exact) mass is 354 g/mol. The molecule has 24 heavy (non-hydrogen) atoms. The van der Waals surface area contributed by atoms with E-state index in [-0.39, 0.29) is 12.2 Å². The maximum Gasteiger partial charge on any atom is 0.703 e. The summed E-state index contributed by atoms with van der Waals surface area (Å²) in [6, 6.07) is 0. The Morgan fingerprint density at radius 3 is 0.792 bits per heavy atom. The summed E-state index contributed by atoms with van der Waals surface area (Å²) < 4.78 is 0. The van der Waals surface area contributed by atoms with Gasteiger partial charge in [0, 0.05) is 0 Å². The fourth-order valence-corrected chi connectivity index (χ4v) is 1.33. The predicted molar refractivity (Wildman–Crippen MR) is 65.8 cm³/mol. The molecular formula is C6H6N6O12. The lowest BCUT2D eigenvalue weighted by atomic mass is 10.2. The van der Waals surface area contributed by atoms with Crippen LogP contribution in [0.5, 0.6) is 0 Å². The molecule has 0 aromatic heterocycles. The van der Waals surface area contributed by atoms with Crippen LogP contribution in [0.4, 0.5) is 0 Å². The summed E-state index contributed by atoms with van der Waals surface area (Å²) in [7, 11) is 0. The zero-order valence-corrected chi connectivity index (χ0v) is 11.2. The quantitative estimate of drug-likeness (QED) is 0.204. The highest BCUT2D eigenvalue weighted by molar-refractivity contribution is 4.86. The summed E-state index contributed by atoms with van der Waals surface area (Å²) in [5, 5.41) is 63.5. The van der Waals surface area contributed by atoms with Crippen LogP contribution in [0.15, 0.2) is 12.2 Å². The van der Waals surface area contributed by atoms with Crippen molar-refractivity contribution in [3.05, 3.63) is 72.8 Å². The number of nitrogens with zero attached hydrogens (tertiary/aromatic N) is 6. The lowest BCUT2D eigenvalue weighted by Crippen LogP contribution is -2.53. The minimum absolute atomic E-state index is 0.277. The van der Waals surface area contributed by atoms with Gasteiger partial charge in [-0.15, -0.1) is 0 Å². The molecule has 0 N–H and O–H groups in total. The molecule has 0 aliphatic rings. The second kappa shape index (κ2) is 6.93. The van der Waals surface area contributed by atoms with Gasteiger partial charge in [0.1, 0.15) is 0 Å². The molecule has 132 valence electrons. The molecule has 0 aliphatic heterocycles. The summed E-state index contributed by atoms with van der Waals surface area (Å²) in [6.07, 6.45) is -2.55. The third kappa shape index (κ3) is 3.15. The zero-order valence-electron chi connectivity index (χ0n) is 11.2. The van der Waals surface area contributed by atoms with Crippen molar-refractivity contribution in [2.45, 2.75) is 24.4 Å². The smallest absolute Gasteiger partial charge is 0.253 e. The molecule has 0 heterocycles. The van der Waals surface area contributed by atoms with Gasteiger partial charge in [-0.05, 0) is 0 Å². The van der Waals surface area contributed by atoms with E-state index in [4.69, 9.17) is 0 Å². The molecule has 0 saturated heterocycles. The second-order valence-electron chi connectivity index (χ2n) is 3.97. The van der Waals surface area contributed by atoms with Crippen LogP contribution in [-0.2, 0) is 0 Å². The SMILES string of the molecule is O=[N+]([O-])C(CC=CCC([N+](=O)[O-])([N+](=O)[O-])[N+](=O)[O-])([N+](=O)[O-])[N+](=O)[O-]. The van der Waals surface area contributed by atoms with Crippen molar-refractivity contribution in [1.29, 1.82) is 0 Å². The number of nitro groups is 6. The van der Waals surface area contributed by atoms with Crippen LogP contribution >= 0.6 is 0 Å². The fraction of sp³-hybridized carbons (Fsp3) is 0.667. The van der Waals surface area contributed by atoms with Crippen molar-refractivity contribution in [1.82, 2.24) is 0 Å². The Hall–Kier alpha value is -3.86. The van der Waals surface area contributed by atoms with E-state index in [9.17, 15) is 60.7 Å². The minimum Gasteiger partial charge on any atom is -0.253 e. The van der Waals surface area contributed by atoms with Crippen LogP contribution in [0.3, 0.4) is 0 Å². The molecular weight excluding hydrogens is 348 g/mol. The molecule has 0 radical (unpaired) electrons. The van der Waals surface area contributed by atoms with E-state index in [1.165, 1.54) is 0 Å². The lowest BCUT2D eigenvalue weighted by Gasteiger charge is -2.07. The molecule has 0 atom stereocenters. The molecule has 0 spiro atoms. The highest BCUT2D eigenvalue weighted by atomic mass is 16.7. The van der Waals surface area contributed by atoms with Crippen LogP contribution in [0.2, 0.25) is 0 Å². The van der Waals surface area contributed by atoms with Gasteiger partial charge in [-0.2, -0.15) is 0 Å². The average Bonchev–Trinajstić information content (AvgIpc) is 2.40. The lowest BCUT2D eigenvalue weighted by molar-refractivity contribution is -0.969. The molecule has 0 fully saturated rings. The molecule has 0 unspecified atom stereocenters. The van der Waals surface area contributed by atoms with Crippen molar-refractivity contribution >= 4 is 0 Å². The van der Waals surface area contributed by atoms with Gasteiger partial charge >= 0.3 is 11.6 Å². The van der Waals surface area contributed by atoms with Gasteiger partial charge in [0.15, 0.2) is 42.4 Å². The van der Waals surface area contributed by atoms with Crippen molar-refractivity contribution < 1.29 is 29.5 Å². The van der Waals surface area contributed by atoms with E-state index in [0.717, 1.165) is 0 Å². The Bertz CT molecular complexity index is 514. The Morgan fingerprint density at radius 2 is 0.667 bits per heavy atom. The largest absolute Gasteiger partial charge is 0.703 e. The minimum atomic E-state index is -3.93. The molecule has 18 heteroatoms. The molecule has 0 amide bonds. The summed E-state index contributed by atoms with van der Waals surface area (Å²) in [5.41, 5.74) is 0. The van der Waals surface area contributed by atoms with Crippen molar-refractivity contribution in [2.24, 2.45) is 0 Å². The van der Waals surface area contributed by atoms with Crippen molar-refractivity contribution in [3.8, 4) is 0 Å². The van der Waals surface area contributed by atoms with Crippen molar-refractivity contribution in [2.75, 3.05) is 0 Å². The van der Waals surface area contributed by atoms with E-state index in [1.54, 1.807) is 0 Å². The first-order chi connectivity index (χ1) is 10.9. The summed E-state index contributed by atoms with van der Waals surface area (Å²) in [4.78, 5) is 52.4. The van der Waals surface area contributed by atoms with Gasteiger partial charge in [-0.25, -0.2) is 0 Å². The molecule has 0 rings (SSSR count). The Labute approximate surface area is 128 Å². The molecule has 18 nitrogen and oxygen atoms in total. The number of hydrogen-bond donors (Lipinski definition) is 0. The standard InChI is InChI=1S/C6H6N6O12/c13-7(14)5(8(15)16,9(17)18)3-1-2-4-6(10(19)20,11(21)22)12(23)24/h1-2H,3-4H2. The van der Waals surface area contributed by atoms with Crippen LogP contribution in [0.25, 0.3) is 0 Å². The average molecular weight is 354 g/mol. The van der Waals surface area contributed by atoms with Crippen molar-refractivity contribution in [3.63, 3.8) is 0 Å². The third-order valence-electron chi connectivity index (χ3n) is 2.70. The molecule has 0 bridgehead atoms. The second-order valence-corrected chi connectivity index (χ2v) is 3.97. The zero-order chi connectivity index (χ0) is 19.3. The summed E-state index contributed by atoms with van der Waals surface area (Å²) in [5.74, 6) is -7.87. The Balaban J connectivity index is 5.62. The van der Waals surface area contributed by atoms with Crippen LogP contribution in [0, 0.1) is 60.7 Å². The topological polar surface area (TPSA) is 259 Å². The first kappa shape index (κ1) is 20.1. The van der Waals surface area contributed by atoms with Crippen LogP contribution in [0.1, 0.15) is 12.8 Å². The highest BCUT2D eigenvalue weighted by Crippen LogP contribution is 2.21. The third-order valence-corrected chi connectivity index (χ3v) is 2.70. The number of hydrogen-bond acceptors (Lipinski definition) is 12. The highest BCUT2D eigenvalue weighted by Gasteiger charge is 2.70. The summed E-state index contributed by atoms with van der Waals surface area (Å²) in [6.45, 7) is 0. The van der Waals surface area contributed by atoms with E-state index in [1.807, 2.05) is 0 Å². The molecule has 0 aliphatic carbocycles. The van der Waals surface area contributed by atoms with Gasteiger partial charge in [0.25, 0.3) is 0 Å². The fourth-order valence-electron chi connectivity index (χ4n) is 1.33. The van der Waals surface area contributed by atoms with Gasteiger partial charge in [0.2, 0.25) is 0 Å². The molecule has 0 aromatic carbocycles. The number of rotatable bonds is 10. The van der Waals surface area contributed by atoms with E-state index in [2.05, 4.69) is 0 Å². The van der Waals surface area contributed by atoms with E-state index in [0.29, 0.717) is 0 Å². The first-order valence-electron chi connectivity index (χ1n) is 5.39. The maximum absolute atomic E-state index is 10.6. The normalized spacial score (nSPS) is 11.8. The first-order valence-corrected chi connectivity index (χ1v) is 5.39. The van der Waals surface area contributed by atoms with Gasteiger partial charge in [-0.1, -0.05) is 12.2 Å². The Kier molecular flexibility index (Phi) is 5.82. The maximum atomic E-state index is 10.6. The Morgan fingerprint density at radius 1 is 0.500 bits per heavy atom. The van der Waals surface area contributed by atoms with Gasteiger partial charge < -0.3 is 0 Å². The van der Waals surface area contributed by atoms with E-state index >= 15 is 0 Å². The van der Waals surface area contributed by atoms with Gasteiger partial charge in [0.05, 0.1) is 0 Å². The van der Waals surface area contributed by atoms with Gasteiger partial charge in [-0.3, -0.25) is 60.7 Å². The summed E-state index contributed by atoms with van der Waals surface area (Å²) >= 11 is 0. The van der Waals surface area contributed by atoms with E-state index < -0.39 is 54.0 Å².